The lowest BCUT2D eigenvalue weighted by Crippen LogP contribution is -2.53. The molecule has 2 aromatic rings. The number of aryl methyl sites for hydroxylation is 2. The SMILES string of the molecule is CC1=N[C@@H](NC(=O)Nc2cccc(C)c2)C(=O)N(CC(=O)N2CCC(N3CCCCC3)CC2)c2c(C)cccc21. The summed E-state index contributed by atoms with van der Waals surface area (Å²) in [4.78, 5) is 51.0. The van der Waals surface area contributed by atoms with E-state index in [0.29, 0.717) is 36.2 Å². The summed E-state index contributed by atoms with van der Waals surface area (Å²) in [5.41, 5.74) is 4.60. The minimum atomic E-state index is -1.16. The monoisotopic (exact) mass is 544 g/mol. The van der Waals surface area contributed by atoms with E-state index in [2.05, 4.69) is 20.5 Å². The van der Waals surface area contributed by atoms with Gasteiger partial charge in [0, 0.05) is 36.1 Å². The molecule has 0 saturated carbocycles. The Morgan fingerprint density at radius 3 is 2.40 bits per heavy atom. The van der Waals surface area contributed by atoms with Crippen LogP contribution in [0.2, 0.25) is 0 Å². The van der Waals surface area contributed by atoms with Gasteiger partial charge in [0.25, 0.3) is 5.91 Å². The van der Waals surface area contributed by atoms with E-state index >= 15 is 0 Å². The van der Waals surface area contributed by atoms with Gasteiger partial charge >= 0.3 is 6.03 Å². The number of likely N-dealkylation sites (tertiary alicyclic amines) is 2. The average Bonchev–Trinajstić information content (AvgIpc) is 3.04. The molecule has 9 nitrogen and oxygen atoms in total. The molecule has 5 rings (SSSR count). The molecule has 2 saturated heterocycles. The van der Waals surface area contributed by atoms with Crippen molar-refractivity contribution in [1.82, 2.24) is 15.1 Å². The normalized spacial score (nSPS) is 20.4. The molecule has 9 heteroatoms. The number of fused-ring (bicyclic) bond motifs is 1. The summed E-state index contributed by atoms with van der Waals surface area (Å²) in [7, 11) is 0. The van der Waals surface area contributed by atoms with Crippen molar-refractivity contribution in [3.63, 3.8) is 0 Å². The Morgan fingerprint density at radius 2 is 1.68 bits per heavy atom. The number of carbonyl (C=O) groups is 3. The van der Waals surface area contributed by atoms with Gasteiger partial charge in [-0.15, -0.1) is 0 Å². The number of amides is 4. The number of anilines is 2. The lowest BCUT2D eigenvalue weighted by Gasteiger charge is -2.40. The van der Waals surface area contributed by atoms with Gasteiger partial charge in [0.05, 0.1) is 5.69 Å². The van der Waals surface area contributed by atoms with Crippen molar-refractivity contribution in [3.8, 4) is 0 Å². The van der Waals surface area contributed by atoms with Gasteiger partial charge in [-0.05, 0) is 82.8 Å². The molecule has 0 aromatic heterocycles. The van der Waals surface area contributed by atoms with Crippen LogP contribution in [0.25, 0.3) is 0 Å². The third-order valence-corrected chi connectivity index (χ3v) is 8.28. The number of aliphatic imine (C=N–C) groups is 1. The Hall–Kier alpha value is -3.72. The molecular weight excluding hydrogens is 504 g/mol. The maximum Gasteiger partial charge on any atom is 0.321 e. The van der Waals surface area contributed by atoms with Crippen LogP contribution in [0.5, 0.6) is 0 Å². The largest absolute Gasteiger partial charge is 0.341 e. The van der Waals surface area contributed by atoms with E-state index in [-0.39, 0.29) is 12.5 Å². The molecule has 40 heavy (non-hydrogen) atoms. The predicted octanol–water partition coefficient (Wildman–Crippen LogP) is 4.08. The number of hydrogen-bond donors (Lipinski definition) is 2. The van der Waals surface area contributed by atoms with Gasteiger partial charge in [-0.3, -0.25) is 19.5 Å². The highest BCUT2D eigenvalue weighted by atomic mass is 16.2. The minimum Gasteiger partial charge on any atom is -0.341 e. The highest BCUT2D eigenvalue weighted by Gasteiger charge is 2.35. The summed E-state index contributed by atoms with van der Waals surface area (Å²) in [5, 5.41) is 5.51. The van der Waals surface area contributed by atoms with Crippen molar-refractivity contribution >= 4 is 34.9 Å². The molecule has 0 spiro atoms. The average molecular weight is 545 g/mol. The number of nitrogens with one attached hydrogen (secondary N) is 2. The summed E-state index contributed by atoms with van der Waals surface area (Å²) < 4.78 is 0. The standard InChI is InChI=1S/C31H40N6O3/c1-21-9-7-11-24(19-21)33-31(40)34-29-30(39)37(28-22(2)10-8-12-26(28)23(3)32-29)20-27(38)36-17-13-25(14-18-36)35-15-5-4-6-16-35/h7-12,19,25,29H,4-6,13-18,20H2,1-3H3,(H2,33,34,40)/t29-/m0/s1. The zero-order valence-corrected chi connectivity index (χ0v) is 23.8. The summed E-state index contributed by atoms with van der Waals surface area (Å²) in [6.07, 6.45) is 4.59. The topological polar surface area (TPSA) is 97.3 Å². The number of nitrogens with zero attached hydrogens (tertiary/aromatic N) is 4. The third kappa shape index (κ3) is 6.20. The van der Waals surface area contributed by atoms with Gasteiger partial charge in [-0.1, -0.05) is 36.8 Å². The molecular formula is C31H40N6O3. The molecule has 2 N–H and O–H groups in total. The number of benzodiazepines with no additional fused rings is 1. The summed E-state index contributed by atoms with van der Waals surface area (Å²) in [5.74, 6) is -0.509. The molecule has 0 bridgehead atoms. The maximum absolute atomic E-state index is 13.9. The molecule has 0 aliphatic carbocycles. The van der Waals surface area contributed by atoms with Crippen LogP contribution in [-0.4, -0.2) is 78.3 Å². The number of urea groups is 1. The summed E-state index contributed by atoms with van der Waals surface area (Å²) in [6, 6.07) is 13.2. The maximum atomic E-state index is 13.9. The van der Waals surface area contributed by atoms with Crippen LogP contribution >= 0.6 is 0 Å². The van der Waals surface area contributed by atoms with Crippen molar-refractivity contribution in [1.29, 1.82) is 0 Å². The van der Waals surface area contributed by atoms with E-state index in [4.69, 9.17) is 0 Å². The van der Waals surface area contributed by atoms with E-state index < -0.39 is 18.1 Å². The fraction of sp³-hybridized carbons (Fsp3) is 0.484. The van der Waals surface area contributed by atoms with Gasteiger partial charge in [0.2, 0.25) is 12.1 Å². The first-order chi connectivity index (χ1) is 19.3. The highest BCUT2D eigenvalue weighted by molar-refractivity contribution is 6.14. The first kappa shape index (κ1) is 27.8. The van der Waals surface area contributed by atoms with E-state index in [1.165, 1.54) is 24.2 Å². The Bertz CT molecular complexity index is 1290. The van der Waals surface area contributed by atoms with E-state index in [1.54, 1.807) is 6.07 Å². The lowest BCUT2D eigenvalue weighted by atomic mass is 9.99. The molecule has 0 radical (unpaired) electrons. The fourth-order valence-electron chi connectivity index (χ4n) is 6.15. The van der Waals surface area contributed by atoms with Crippen molar-refractivity contribution in [2.45, 2.75) is 65.1 Å². The fourth-order valence-corrected chi connectivity index (χ4v) is 6.15. The number of carbonyl (C=O) groups excluding carboxylic acids is 3. The van der Waals surface area contributed by atoms with Crippen LogP contribution in [-0.2, 0) is 9.59 Å². The second-order valence-electron chi connectivity index (χ2n) is 11.2. The molecule has 1 atom stereocenters. The van der Waals surface area contributed by atoms with Crippen molar-refractivity contribution in [2.75, 3.05) is 42.9 Å². The Balaban J connectivity index is 1.31. The molecule has 4 amide bonds. The Labute approximate surface area is 236 Å². The molecule has 3 aliphatic rings. The third-order valence-electron chi connectivity index (χ3n) is 8.28. The number of hydrogen-bond acceptors (Lipinski definition) is 5. The van der Waals surface area contributed by atoms with Gasteiger partial charge in [0.1, 0.15) is 6.54 Å². The van der Waals surface area contributed by atoms with Crippen molar-refractivity contribution in [3.05, 3.63) is 59.2 Å². The summed E-state index contributed by atoms with van der Waals surface area (Å²) >= 11 is 0. The van der Waals surface area contributed by atoms with Gasteiger partial charge < -0.3 is 20.4 Å². The van der Waals surface area contributed by atoms with Crippen LogP contribution in [0.15, 0.2) is 47.5 Å². The van der Waals surface area contributed by atoms with Crippen LogP contribution in [0.3, 0.4) is 0 Å². The Kier molecular flexibility index (Phi) is 8.49. The number of piperidine rings is 2. The molecule has 2 aromatic carbocycles. The zero-order chi connectivity index (χ0) is 28.2. The van der Waals surface area contributed by atoms with E-state index in [1.807, 2.05) is 62.1 Å². The lowest BCUT2D eigenvalue weighted by molar-refractivity contribution is -0.133. The molecule has 3 aliphatic heterocycles. The number of para-hydroxylation sites is 1. The molecule has 212 valence electrons. The second-order valence-corrected chi connectivity index (χ2v) is 11.2. The number of rotatable bonds is 5. The first-order valence-corrected chi connectivity index (χ1v) is 14.4. The van der Waals surface area contributed by atoms with Gasteiger partial charge in [-0.2, -0.15) is 0 Å². The highest BCUT2D eigenvalue weighted by Crippen LogP contribution is 2.30. The quantitative estimate of drug-likeness (QED) is 0.593. The van der Waals surface area contributed by atoms with Crippen LogP contribution in [0.4, 0.5) is 16.2 Å². The summed E-state index contributed by atoms with van der Waals surface area (Å²) in [6.45, 7) is 9.30. The van der Waals surface area contributed by atoms with Crippen LogP contribution < -0.4 is 15.5 Å². The van der Waals surface area contributed by atoms with Crippen LogP contribution in [0.1, 0.15) is 55.7 Å². The first-order valence-electron chi connectivity index (χ1n) is 14.4. The van der Waals surface area contributed by atoms with E-state index in [9.17, 15) is 14.4 Å². The smallest absolute Gasteiger partial charge is 0.321 e. The minimum absolute atomic E-state index is 0.0813. The van der Waals surface area contributed by atoms with Crippen molar-refractivity contribution in [2.24, 2.45) is 4.99 Å². The van der Waals surface area contributed by atoms with E-state index in [0.717, 1.165) is 42.6 Å². The molecule has 2 fully saturated rings. The second kappa shape index (κ2) is 12.2. The predicted molar refractivity (Wildman–Crippen MR) is 158 cm³/mol. The molecule has 3 heterocycles. The van der Waals surface area contributed by atoms with Gasteiger partial charge in [-0.25, -0.2) is 4.79 Å². The van der Waals surface area contributed by atoms with Crippen molar-refractivity contribution < 1.29 is 14.4 Å². The zero-order valence-electron chi connectivity index (χ0n) is 23.8. The Morgan fingerprint density at radius 1 is 0.950 bits per heavy atom. The van der Waals surface area contributed by atoms with Gasteiger partial charge in [0.15, 0.2) is 0 Å². The molecule has 0 unspecified atom stereocenters. The number of benzene rings is 2. The van der Waals surface area contributed by atoms with Crippen LogP contribution in [0, 0.1) is 13.8 Å².